The Bertz CT molecular complexity index is 427. The van der Waals surface area contributed by atoms with E-state index in [1.807, 2.05) is 0 Å². The standard InChI is InChI=1S/C11H12N2/c1-4-11-12-9-5-7(2)8(3)6-10(9)13-11/h4-6H,1H2,2-3H3,(H,12,13). The molecule has 13 heavy (non-hydrogen) atoms. The second-order valence-electron chi connectivity index (χ2n) is 3.28. The van der Waals surface area contributed by atoms with Gasteiger partial charge >= 0.3 is 0 Å². The number of hydrogen-bond acceptors (Lipinski definition) is 1. The third kappa shape index (κ3) is 1.24. The number of hydrogen-bond donors (Lipinski definition) is 1. The summed E-state index contributed by atoms with van der Waals surface area (Å²) in [5, 5.41) is 0. The normalized spacial score (nSPS) is 10.6. The number of aromatic amines is 1. The molecule has 0 atom stereocenters. The van der Waals surface area contributed by atoms with E-state index in [4.69, 9.17) is 0 Å². The molecule has 66 valence electrons. The number of aryl methyl sites for hydroxylation is 2. The van der Waals surface area contributed by atoms with Crippen molar-refractivity contribution in [3.63, 3.8) is 0 Å². The van der Waals surface area contributed by atoms with Crippen molar-refractivity contribution in [1.82, 2.24) is 9.97 Å². The Labute approximate surface area is 77.3 Å². The molecule has 1 aromatic heterocycles. The Balaban J connectivity index is 2.77. The third-order valence-corrected chi connectivity index (χ3v) is 2.31. The molecular weight excluding hydrogens is 160 g/mol. The van der Waals surface area contributed by atoms with Crippen LogP contribution in [-0.2, 0) is 0 Å². The molecule has 1 heterocycles. The summed E-state index contributed by atoms with van der Waals surface area (Å²) in [4.78, 5) is 7.54. The van der Waals surface area contributed by atoms with Crippen LogP contribution in [0.4, 0.5) is 0 Å². The van der Waals surface area contributed by atoms with E-state index in [9.17, 15) is 0 Å². The van der Waals surface area contributed by atoms with E-state index in [2.05, 4.69) is 42.5 Å². The highest BCUT2D eigenvalue weighted by Crippen LogP contribution is 2.17. The summed E-state index contributed by atoms with van der Waals surface area (Å²) in [7, 11) is 0. The van der Waals surface area contributed by atoms with E-state index in [0.29, 0.717) is 0 Å². The first-order valence-electron chi connectivity index (χ1n) is 4.30. The fourth-order valence-electron chi connectivity index (χ4n) is 1.39. The van der Waals surface area contributed by atoms with Crippen molar-refractivity contribution in [1.29, 1.82) is 0 Å². The molecule has 0 saturated heterocycles. The van der Waals surface area contributed by atoms with Gasteiger partial charge in [-0.25, -0.2) is 4.98 Å². The zero-order valence-electron chi connectivity index (χ0n) is 7.89. The predicted molar refractivity (Wildman–Crippen MR) is 55.7 cm³/mol. The first-order valence-corrected chi connectivity index (χ1v) is 4.30. The molecular formula is C11H12N2. The molecule has 0 aliphatic heterocycles. The van der Waals surface area contributed by atoms with Crippen LogP contribution in [0.15, 0.2) is 18.7 Å². The molecule has 0 radical (unpaired) electrons. The maximum Gasteiger partial charge on any atom is 0.130 e. The second-order valence-corrected chi connectivity index (χ2v) is 3.28. The molecule has 0 fully saturated rings. The van der Waals surface area contributed by atoms with E-state index < -0.39 is 0 Å². The maximum atomic E-state index is 4.36. The molecule has 0 aliphatic rings. The van der Waals surface area contributed by atoms with Gasteiger partial charge in [-0.1, -0.05) is 6.58 Å². The molecule has 0 amide bonds. The summed E-state index contributed by atoms with van der Waals surface area (Å²) in [6.45, 7) is 7.87. The first-order chi connectivity index (χ1) is 6.20. The van der Waals surface area contributed by atoms with Crippen LogP contribution in [0, 0.1) is 13.8 Å². The highest BCUT2D eigenvalue weighted by Gasteiger charge is 2.01. The van der Waals surface area contributed by atoms with Gasteiger partial charge in [0, 0.05) is 0 Å². The first kappa shape index (κ1) is 8.05. The number of H-pyrrole nitrogens is 1. The molecule has 2 rings (SSSR count). The summed E-state index contributed by atoms with van der Waals surface area (Å²) in [5.74, 6) is 0.833. The lowest BCUT2D eigenvalue weighted by Gasteiger charge is -1.97. The Kier molecular flexibility index (Phi) is 1.69. The number of fused-ring (bicyclic) bond motifs is 1. The molecule has 0 saturated carbocycles. The van der Waals surface area contributed by atoms with E-state index in [1.165, 1.54) is 11.1 Å². The highest BCUT2D eigenvalue weighted by molar-refractivity contribution is 5.78. The van der Waals surface area contributed by atoms with Gasteiger partial charge in [-0.2, -0.15) is 0 Å². The third-order valence-electron chi connectivity index (χ3n) is 2.31. The molecule has 0 aliphatic carbocycles. The minimum absolute atomic E-state index is 0.833. The zero-order chi connectivity index (χ0) is 9.42. The lowest BCUT2D eigenvalue weighted by atomic mass is 10.1. The van der Waals surface area contributed by atoms with Crippen LogP contribution in [0.5, 0.6) is 0 Å². The van der Waals surface area contributed by atoms with Gasteiger partial charge in [0.2, 0.25) is 0 Å². The number of nitrogens with zero attached hydrogens (tertiary/aromatic N) is 1. The Hall–Kier alpha value is -1.57. The lowest BCUT2D eigenvalue weighted by molar-refractivity contribution is 1.29. The summed E-state index contributed by atoms with van der Waals surface area (Å²) in [6.07, 6.45) is 1.73. The highest BCUT2D eigenvalue weighted by atomic mass is 14.9. The van der Waals surface area contributed by atoms with Crippen LogP contribution in [0.25, 0.3) is 17.1 Å². The van der Waals surface area contributed by atoms with E-state index in [-0.39, 0.29) is 0 Å². The van der Waals surface area contributed by atoms with Crippen molar-refractivity contribution in [2.45, 2.75) is 13.8 Å². The van der Waals surface area contributed by atoms with E-state index >= 15 is 0 Å². The summed E-state index contributed by atoms with van der Waals surface area (Å²) >= 11 is 0. The van der Waals surface area contributed by atoms with Gasteiger partial charge in [0.05, 0.1) is 11.0 Å². The number of benzene rings is 1. The van der Waals surface area contributed by atoms with Crippen LogP contribution in [0.3, 0.4) is 0 Å². The van der Waals surface area contributed by atoms with Crippen molar-refractivity contribution in [2.75, 3.05) is 0 Å². The van der Waals surface area contributed by atoms with Crippen LogP contribution >= 0.6 is 0 Å². The molecule has 1 N–H and O–H groups in total. The number of nitrogens with one attached hydrogen (secondary N) is 1. The summed E-state index contributed by atoms with van der Waals surface area (Å²) in [6, 6.07) is 4.21. The predicted octanol–water partition coefficient (Wildman–Crippen LogP) is 2.82. The monoisotopic (exact) mass is 172 g/mol. The zero-order valence-corrected chi connectivity index (χ0v) is 7.89. The topological polar surface area (TPSA) is 28.7 Å². The molecule has 2 aromatic rings. The largest absolute Gasteiger partial charge is 0.338 e. The minimum atomic E-state index is 0.833. The second kappa shape index (κ2) is 2.73. The van der Waals surface area contributed by atoms with Gasteiger partial charge in [-0.3, -0.25) is 0 Å². The molecule has 0 spiro atoms. The fourth-order valence-corrected chi connectivity index (χ4v) is 1.39. The quantitative estimate of drug-likeness (QED) is 0.704. The van der Waals surface area contributed by atoms with Crippen molar-refractivity contribution in [2.24, 2.45) is 0 Å². The minimum Gasteiger partial charge on any atom is -0.338 e. The van der Waals surface area contributed by atoms with Crippen LogP contribution in [-0.4, -0.2) is 9.97 Å². The van der Waals surface area contributed by atoms with Gasteiger partial charge < -0.3 is 4.98 Å². The average molecular weight is 172 g/mol. The van der Waals surface area contributed by atoms with Crippen LogP contribution in [0.2, 0.25) is 0 Å². The summed E-state index contributed by atoms with van der Waals surface area (Å²) in [5.41, 5.74) is 4.65. The van der Waals surface area contributed by atoms with E-state index in [1.54, 1.807) is 6.08 Å². The lowest BCUT2D eigenvalue weighted by Crippen LogP contribution is -1.79. The van der Waals surface area contributed by atoms with Crippen molar-refractivity contribution < 1.29 is 0 Å². The molecule has 0 unspecified atom stereocenters. The van der Waals surface area contributed by atoms with Crippen LogP contribution in [0.1, 0.15) is 17.0 Å². The molecule has 2 nitrogen and oxygen atoms in total. The van der Waals surface area contributed by atoms with E-state index in [0.717, 1.165) is 16.9 Å². The fraction of sp³-hybridized carbons (Fsp3) is 0.182. The van der Waals surface area contributed by atoms with Crippen molar-refractivity contribution in [3.8, 4) is 0 Å². The Morgan fingerprint density at radius 2 is 2.00 bits per heavy atom. The molecule has 2 heteroatoms. The number of imidazole rings is 1. The Morgan fingerprint density at radius 3 is 2.69 bits per heavy atom. The molecule has 1 aromatic carbocycles. The van der Waals surface area contributed by atoms with Gasteiger partial charge in [-0.05, 0) is 43.2 Å². The Morgan fingerprint density at radius 1 is 1.31 bits per heavy atom. The van der Waals surface area contributed by atoms with Crippen LogP contribution < -0.4 is 0 Å². The smallest absolute Gasteiger partial charge is 0.130 e. The van der Waals surface area contributed by atoms with Gasteiger partial charge in [0.15, 0.2) is 0 Å². The summed E-state index contributed by atoms with van der Waals surface area (Å²) < 4.78 is 0. The molecule has 0 bridgehead atoms. The van der Waals surface area contributed by atoms with Gasteiger partial charge in [0.1, 0.15) is 5.82 Å². The average Bonchev–Trinajstić information content (AvgIpc) is 2.48. The van der Waals surface area contributed by atoms with Gasteiger partial charge in [-0.15, -0.1) is 0 Å². The van der Waals surface area contributed by atoms with Crippen molar-refractivity contribution in [3.05, 3.63) is 35.7 Å². The SMILES string of the molecule is C=Cc1nc2cc(C)c(C)cc2[nH]1. The maximum absolute atomic E-state index is 4.36. The number of aromatic nitrogens is 2. The van der Waals surface area contributed by atoms with Crippen molar-refractivity contribution >= 4 is 17.1 Å². The van der Waals surface area contributed by atoms with Gasteiger partial charge in [0.25, 0.3) is 0 Å². The number of rotatable bonds is 1.